The highest BCUT2D eigenvalue weighted by molar-refractivity contribution is 5.92. The van der Waals surface area contributed by atoms with Gasteiger partial charge in [-0.15, -0.1) is 0 Å². The van der Waals surface area contributed by atoms with Crippen LogP contribution in [0.1, 0.15) is 29.0 Å². The third-order valence-corrected chi connectivity index (χ3v) is 3.10. The number of benzene rings is 1. The molecule has 1 heterocycles. The minimum Gasteiger partial charge on any atom is -0.361 e. The van der Waals surface area contributed by atoms with E-state index in [1.165, 1.54) is 0 Å². The minimum atomic E-state index is -0.132. The molecule has 1 amide bonds. The Bertz CT molecular complexity index is 648. The number of hydrogen-bond acceptors (Lipinski definition) is 4. The highest BCUT2D eigenvalue weighted by Gasteiger charge is 2.12. The normalized spacial score (nSPS) is 10.1. The molecule has 0 radical (unpaired) electrons. The van der Waals surface area contributed by atoms with Crippen LogP contribution in [0.25, 0.3) is 0 Å². The van der Waals surface area contributed by atoms with Crippen LogP contribution in [-0.4, -0.2) is 11.1 Å². The number of nitrogens with zero attached hydrogens (tertiary/aromatic N) is 2. The zero-order chi connectivity index (χ0) is 14.5. The van der Waals surface area contributed by atoms with Gasteiger partial charge in [0.05, 0.1) is 16.9 Å². The summed E-state index contributed by atoms with van der Waals surface area (Å²) in [5.74, 6) is 0.612. The van der Waals surface area contributed by atoms with Crippen LogP contribution >= 0.6 is 0 Å². The van der Waals surface area contributed by atoms with Gasteiger partial charge in [0.1, 0.15) is 11.8 Å². The van der Waals surface area contributed by atoms with Crippen LogP contribution < -0.4 is 5.32 Å². The van der Waals surface area contributed by atoms with Gasteiger partial charge in [0.2, 0.25) is 5.91 Å². The molecule has 5 nitrogen and oxygen atoms in total. The van der Waals surface area contributed by atoms with Crippen LogP contribution in [0.15, 0.2) is 28.8 Å². The lowest BCUT2D eigenvalue weighted by Crippen LogP contribution is -2.13. The fraction of sp³-hybridized carbons (Fsp3) is 0.267. The lowest BCUT2D eigenvalue weighted by atomic mass is 10.1. The summed E-state index contributed by atoms with van der Waals surface area (Å²) in [6.07, 6.45) is 0.893. The molecular weight excluding hydrogens is 254 g/mol. The number of nitriles is 1. The van der Waals surface area contributed by atoms with Crippen LogP contribution in [0, 0.1) is 25.2 Å². The molecule has 102 valence electrons. The Labute approximate surface area is 117 Å². The summed E-state index contributed by atoms with van der Waals surface area (Å²) in [7, 11) is 0. The zero-order valence-corrected chi connectivity index (χ0v) is 11.4. The van der Waals surface area contributed by atoms with Gasteiger partial charge in [0.15, 0.2) is 0 Å². The van der Waals surface area contributed by atoms with E-state index in [0.717, 1.165) is 17.0 Å². The van der Waals surface area contributed by atoms with Crippen molar-refractivity contribution in [3.63, 3.8) is 0 Å². The number of aryl methyl sites for hydroxylation is 2. The second-order valence-electron chi connectivity index (χ2n) is 4.51. The van der Waals surface area contributed by atoms with E-state index in [1.807, 2.05) is 19.9 Å². The predicted octanol–water partition coefficient (Wildman–Crippen LogP) is 2.73. The fourth-order valence-corrected chi connectivity index (χ4v) is 2.00. The van der Waals surface area contributed by atoms with Gasteiger partial charge in [-0.25, -0.2) is 0 Å². The van der Waals surface area contributed by atoms with Crippen LogP contribution in [-0.2, 0) is 11.2 Å². The molecule has 1 N–H and O–H groups in total. The Morgan fingerprint density at radius 2 is 2.15 bits per heavy atom. The molecule has 0 spiro atoms. The second-order valence-corrected chi connectivity index (χ2v) is 4.51. The Balaban J connectivity index is 1.98. The van der Waals surface area contributed by atoms with Crippen molar-refractivity contribution in [3.8, 4) is 6.07 Å². The number of aromatic nitrogens is 1. The first-order chi connectivity index (χ1) is 9.61. The summed E-state index contributed by atoms with van der Waals surface area (Å²) >= 11 is 0. The lowest BCUT2D eigenvalue weighted by molar-refractivity contribution is -0.116. The van der Waals surface area contributed by atoms with Crippen molar-refractivity contribution in [3.05, 3.63) is 46.8 Å². The third-order valence-electron chi connectivity index (χ3n) is 3.10. The smallest absolute Gasteiger partial charge is 0.224 e. The molecule has 0 aliphatic carbocycles. The molecule has 20 heavy (non-hydrogen) atoms. The van der Waals surface area contributed by atoms with Gasteiger partial charge in [0, 0.05) is 12.0 Å². The summed E-state index contributed by atoms with van der Waals surface area (Å²) in [5, 5.41) is 15.6. The topological polar surface area (TPSA) is 78.9 Å². The van der Waals surface area contributed by atoms with Crippen molar-refractivity contribution in [1.29, 1.82) is 5.26 Å². The molecule has 0 aliphatic rings. The summed E-state index contributed by atoms with van der Waals surface area (Å²) in [4.78, 5) is 11.9. The van der Waals surface area contributed by atoms with Crippen molar-refractivity contribution < 1.29 is 9.32 Å². The molecule has 1 aromatic heterocycles. The predicted molar refractivity (Wildman–Crippen MR) is 74.1 cm³/mol. The number of carbonyl (C=O) groups excluding carboxylic acids is 1. The van der Waals surface area contributed by atoms with E-state index in [2.05, 4.69) is 10.5 Å². The third kappa shape index (κ3) is 3.04. The van der Waals surface area contributed by atoms with E-state index >= 15 is 0 Å². The van der Waals surface area contributed by atoms with Crippen molar-refractivity contribution in [2.45, 2.75) is 26.7 Å². The number of anilines is 1. The number of nitrogens with one attached hydrogen (secondary N) is 1. The standard InChI is InChI=1S/C15H15N3O2/c1-10-13(11(2)20-18-10)7-8-15(19)17-14-6-4-3-5-12(14)9-16/h3-6H,7-8H2,1-2H3,(H,17,19). The van der Waals surface area contributed by atoms with E-state index in [0.29, 0.717) is 24.1 Å². The summed E-state index contributed by atoms with van der Waals surface area (Å²) in [5.41, 5.74) is 2.78. The van der Waals surface area contributed by atoms with Gasteiger partial charge in [-0.2, -0.15) is 5.26 Å². The van der Waals surface area contributed by atoms with Gasteiger partial charge < -0.3 is 9.84 Å². The Kier molecular flexibility index (Phi) is 4.16. The molecule has 0 saturated carbocycles. The molecular formula is C15H15N3O2. The van der Waals surface area contributed by atoms with Crippen LogP contribution in [0.4, 0.5) is 5.69 Å². The molecule has 1 aromatic carbocycles. The summed E-state index contributed by atoms with van der Waals surface area (Å²) in [6.45, 7) is 3.69. The van der Waals surface area contributed by atoms with E-state index in [-0.39, 0.29) is 5.91 Å². The molecule has 0 aliphatic heterocycles. The van der Waals surface area contributed by atoms with Crippen LogP contribution in [0.3, 0.4) is 0 Å². The molecule has 2 rings (SSSR count). The van der Waals surface area contributed by atoms with Gasteiger partial charge in [0.25, 0.3) is 0 Å². The van der Waals surface area contributed by atoms with Crippen molar-refractivity contribution in [2.75, 3.05) is 5.32 Å². The molecule has 0 atom stereocenters. The van der Waals surface area contributed by atoms with E-state index in [9.17, 15) is 4.79 Å². The minimum absolute atomic E-state index is 0.132. The average molecular weight is 269 g/mol. The number of hydrogen-bond donors (Lipinski definition) is 1. The number of amides is 1. The summed E-state index contributed by atoms with van der Waals surface area (Å²) in [6, 6.07) is 8.98. The Morgan fingerprint density at radius 1 is 1.40 bits per heavy atom. The highest BCUT2D eigenvalue weighted by atomic mass is 16.5. The maximum Gasteiger partial charge on any atom is 0.224 e. The van der Waals surface area contributed by atoms with Gasteiger partial charge in [-0.3, -0.25) is 4.79 Å². The zero-order valence-electron chi connectivity index (χ0n) is 11.4. The first-order valence-electron chi connectivity index (χ1n) is 6.32. The Hall–Kier alpha value is -2.61. The maximum atomic E-state index is 11.9. The molecule has 5 heteroatoms. The molecule has 0 saturated heterocycles. The van der Waals surface area contributed by atoms with Crippen molar-refractivity contribution >= 4 is 11.6 Å². The quantitative estimate of drug-likeness (QED) is 0.925. The molecule has 2 aromatic rings. The fourth-order valence-electron chi connectivity index (χ4n) is 2.00. The molecule has 0 fully saturated rings. The van der Waals surface area contributed by atoms with E-state index in [4.69, 9.17) is 9.78 Å². The van der Waals surface area contributed by atoms with Gasteiger partial charge in [-0.05, 0) is 32.4 Å². The van der Waals surface area contributed by atoms with Crippen molar-refractivity contribution in [1.82, 2.24) is 5.16 Å². The lowest BCUT2D eigenvalue weighted by Gasteiger charge is -2.06. The Morgan fingerprint density at radius 3 is 2.80 bits per heavy atom. The van der Waals surface area contributed by atoms with Crippen LogP contribution in [0.5, 0.6) is 0 Å². The van der Waals surface area contributed by atoms with E-state index in [1.54, 1.807) is 24.3 Å². The highest BCUT2D eigenvalue weighted by Crippen LogP contribution is 2.16. The van der Waals surface area contributed by atoms with Crippen molar-refractivity contribution in [2.24, 2.45) is 0 Å². The van der Waals surface area contributed by atoms with Gasteiger partial charge >= 0.3 is 0 Å². The largest absolute Gasteiger partial charge is 0.361 e. The summed E-state index contributed by atoms with van der Waals surface area (Å²) < 4.78 is 5.06. The SMILES string of the molecule is Cc1noc(C)c1CCC(=O)Nc1ccccc1C#N. The number of para-hydroxylation sites is 1. The van der Waals surface area contributed by atoms with Gasteiger partial charge in [-0.1, -0.05) is 17.3 Å². The number of rotatable bonds is 4. The van der Waals surface area contributed by atoms with Crippen LogP contribution in [0.2, 0.25) is 0 Å². The first kappa shape index (κ1) is 13.8. The molecule has 0 unspecified atom stereocenters. The second kappa shape index (κ2) is 6.02. The number of carbonyl (C=O) groups is 1. The first-order valence-corrected chi connectivity index (χ1v) is 6.32. The monoisotopic (exact) mass is 269 g/mol. The molecule has 0 bridgehead atoms. The maximum absolute atomic E-state index is 11.9. The average Bonchev–Trinajstić information content (AvgIpc) is 2.76. The van der Waals surface area contributed by atoms with E-state index < -0.39 is 0 Å².